The van der Waals surface area contributed by atoms with Crippen molar-refractivity contribution < 1.29 is 18.3 Å². The van der Waals surface area contributed by atoms with Crippen molar-refractivity contribution in [1.82, 2.24) is 4.72 Å². The van der Waals surface area contributed by atoms with Gasteiger partial charge in [-0.15, -0.1) is 11.3 Å². The molecule has 0 unspecified atom stereocenters. The number of rotatable bonds is 7. The highest BCUT2D eigenvalue weighted by atomic mass is 32.2. The predicted octanol–water partition coefficient (Wildman–Crippen LogP) is 0.944. The van der Waals surface area contributed by atoms with E-state index in [4.69, 9.17) is 9.84 Å². The van der Waals surface area contributed by atoms with Crippen LogP contribution in [-0.2, 0) is 21.4 Å². The van der Waals surface area contributed by atoms with Crippen LogP contribution in [0.3, 0.4) is 0 Å². The van der Waals surface area contributed by atoms with Gasteiger partial charge in [0.25, 0.3) is 0 Å². The molecule has 0 spiro atoms. The highest BCUT2D eigenvalue weighted by molar-refractivity contribution is 7.91. The first-order valence-corrected chi connectivity index (χ1v) is 7.56. The van der Waals surface area contributed by atoms with E-state index in [1.807, 2.05) is 13.8 Å². The van der Waals surface area contributed by atoms with E-state index < -0.39 is 10.0 Å². The summed E-state index contributed by atoms with van der Waals surface area (Å²) < 4.78 is 31.4. The molecule has 2 N–H and O–H groups in total. The third-order valence-electron chi connectivity index (χ3n) is 1.90. The maximum atomic E-state index is 11.8. The molecule has 0 atom stereocenters. The average Bonchev–Trinajstić information content (AvgIpc) is 2.73. The molecule has 0 saturated carbocycles. The van der Waals surface area contributed by atoms with Gasteiger partial charge < -0.3 is 9.84 Å². The molecule has 0 amide bonds. The third kappa shape index (κ3) is 4.72. The van der Waals surface area contributed by atoms with E-state index in [1.54, 1.807) is 6.07 Å². The van der Waals surface area contributed by atoms with E-state index in [-0.39, 0.29) is 23.5 Å². The Morgan fingerprint density at radius 2 is 2.18 bits per heavy atom. The first kappa shape index (κ1) is 14.6. The lowest BCUT2D eigenvalue weighted by molar-refractivity contribution is 0.0834. The lowest BCUT2D eigenvalue weighted by Crippen LogP contribution is -2.27. The quantitative estimate of drug-likeness (QED) is 0.729. The second kappa shape index (κ2) is 6.46. The highest BCUT2D eigenvalue weighted by Gasteiger charge is 2.15. The van der Waals surface area contributed by atoms with Crippen LogP contribution in [0.1, 0.15) is 18.7 Å². The van der Waals surface area contributed by atoms with Crippen LogP contribution in [0, 0.1) is 0 Å². The van der Waals surface area contributed by atoms with Gasteiger partial charge in [0.2, 0.25) is 10.0 Å². The largest absolute Gasteiger partial charge is 0.391 e. The first-order valence-electron chi connectivity index (χ1n) is 5.26. The van der Waals surface area contributed by atoms with Gasteiger partial charge >= 0.3 is 0 Å². The molecule has 17 heavy (non-hydrogen) atoms. The minimum atomic E-state index is -3.47. The Morgan fingerprint density at radius 3 is 2.71 bits per heavy atom. The monoisotopic (exact) mass is 279 g/mol. The van der Waals surface area contributed by atoms with Gasteiger partial charge in [0.15, 0.2) is 0 Å². The van der Waals surface area contributed by atoms with Gasteiger partial charge in [-0.1, -0.05) is 0 Å². The molecule has 0 aromatic carbocycles. The Kier molecular flexibility index (Phi) is 5.54. The second-order valence-electron chi connectivity index (χ2n) is 3.70. The third-order valence-corrected chi connectivity index (χ3v) is 4.93. The molecule has 0 aliphatic heterocycles. The van der Waals surface area contributed by atoms with Crippen molar-refractivity contribution in [2.45, 2.75) is 30.8 Å². The minimum Gasteiger partial charge on any atom is -0.391 e. The number of aliphatic hydroxyl groups is 1. The van der Waals surface area contributed by atoms with Gasteiger partial charge in [-0.05, 0) is 26.0 Å². The summed E-state index contributed by atoms with van der Waals surface area (Å²) in [5.74, 6) is 0. The van der Waals surface area contributed by atoms with Crippen LogP contribution in [0.2, 0.25) is 0 Å². The van der Waals surface area contributed by atoms with Gasteiger partial charge in [-0.25, -0.2) is 13.1 Å². The standard InChI is InChI=1S/C10H17NO4S2/c1-8(2)15-6-5-11-17(13,14)10-4-3-9(7-12)16-10/h3-4,8,11-12H,5-7H2,1-2H3. The molecule has 1 aromatic heterocycles. The first-order chi connectivity index (χ1) is 7.95. The average molecular weight is 279 g/mol. The molecule has 1 rings (SSSR count). The van der Waals surface area contributed by atoms with Crippen molar-refractivity contribution in [3.05, 3.63) is 17.0 Å². The van der Waals surface area contributed by atoms with Crippen LogP contribution >= 0.6 is 11.3 Å². The van der Waals surface area contributed by atoms with Crippen LogP contribution < -0.4 is 4.72 Å². The molecule has 1 aromatic rings. The van der Waals surface area contributed by atoms with Crippen molar-refractivity contribution in [1.29, 1.82) is 0 Å². The number of hydrogen-bond acceptors (Lipinski definition) is 5. The molecular formula is C10H17NO4S2. The van der Waals surface area contributed by atoms with Crippen LogP contribution in [-0.4, -0.2) is 32.8 Å². The van der Waals surface area contributed by atoms with Crippen molar-refractivity contribution in [3.8, 4) is 0 Å². The normalized spacial score (nSPS) is 12.2. The molecule has 0 fully saturated rings. The maximum absolute atomic E-state index is 11.8. The zero-order valence-corrected chi connectivity index (χ0v) is 11.5. The lowest BCUT2D eigenvalue weighted by Gasteiger charge is -2.08. The smallest absolute Gasteiger partial charge is 0.250 e. The molecule has 7 heteroatoms. The van der Waals surface area contributed by atoms with E-state index in [9.17, 15) is 8.42 Å². The lowest BCUT2D eigenvalue weighted by atomic mass is 10.5. The number of thiophene rings is 1. The van der Waals surface area contributed by atoms with Gasteiger partial charge in [0.1, 0.15) is 4.21 Å². The van der Waals surface area contributed by atoms with Gasteiger partial charge in [0, 0.05) is 11.4 Å². The fourth-order valence-corrected chi connectivity index (χ4v) is 3.40. The number of aliphatic hydroxyl groups excluding tert-OH is 1. The highest BCUT2D eigenvalue weighted by Crippen LogP contribution is 2.20. The Hall–Kier alpha value is -0.470. The summed E-state index contributed by atoms with van der Waals surface area (Å²) in [6.07, 6.45) is 0.0854. The molecule has 0 bridgehead atoms. The van der Waals surface area contributed by atoms with Gasteiger partial charge in [-0.2, -0.15) is 0 Å². The van der Waals surface area contributed by atoms with E-state index in [1.165, 1.54) is 6.07 Å². The van der Waals surface area contributed by atoms with E-state index in [2.05, 4.69) is 4.72 Å². The fraction of sp³-hybridized carbons (Fsp3) is 0.600. The van der Waals surface area contributed by atoms with Crippen molar-refractivity contribution in [2.24, 2.45) is 0 Å². The molecule has 0 radical (unpaired) electrons. The molecular weight excluding hydrogens is 262 g/mol. The molecule has 0 saturated heterocycles. The van der Waals surface area contributed by atoms with Gasteiger partial charge in [-0.3, -0.25) is 0 Å². The summed E-state index contributed by atoms with van der Waals surface area (Å²) in [5, 5.41) is 8.87. The van der Waals surface area contributed by atoms with Crippen molar-refractivity contribution >= 4 is 21.4 Å². The summed E-state index contributed by atoms with van der Waals surface area (Å²) in [4.78, 5) is 0.629. The second-order valence-corrected chi connectivity index (χ2v) is 6.86. The molecule has 0 aliphatic rings. The predicted molar refractivity (Wildman–Crippen MR) is 66.5 cm³/mol. The summed E-state index contributed by atoms with van der Waals surface area (Å²) in [7, 11) is -3.47. The van der Waals surface area contributed by atoms with E-state index >= 15 is 0 Å². The summed E-state index contributed by atoms with van der Waals surface area (Å²) in [6.45, 7) is 4.22. The van der Waals surface area contributed by atoms with Crippen molar-refractivity contribution in [2.75, 3.05) is 13.2 Å². The zero-order valence-electron chi connectivity index (χ0n) is 9.84. The van der Waals surface area contributed by atoms with Crippen molar-refractivity contribution in [3.63, 3.8) is 0 Å². The SMILES string of the molecule is CC(C)OCCNS(=O)(=O)c1ccc(CO)s1. The van der Waals surface area contributed by atoms with Crippen LogP contribution in [0.25, 0.3) is 0 Å². The number of sulfonamides is 1. The summed E-state index contributed by atoms with van der Waals surface area (Å²) in [5.41, 5.74) is 0. The number of hydrogen-bond donors (Lipinski definition) is 2. The topological polar surface area (TPSA) is 75.6 Å². The number of nitrogens with one attached hydrogen (secondary N) is 1. The Labute approximate surface area is 105 Å². The molecule has 0 aliphatic carbocycles. The molecule has 1 heterocycles. The Balaban J connectivity index is 2.51. The zero-order chi connectivity index (χ0) is 12.9. The van der Waals surface area contributed by atoms with Crippen LogP contribution in [0.15, 0.2) is 16.3 Å². The molecule has 98 valence electrons. The van der Waals surface area contributed by atoms with E-state index in [0.29, 0.717) is 11.5 Å². The number of ether oxygens (including phenoxy) is 1. The van der Waals surface area contributed by atoms with Crippen LogP contribution in [0.4, 0.5) is 0 Å². The minimum absolute atomic E-state index is 0.0854. The van der Waals surface area contributed by atoms with Gasteiger partial charge in [0.05, 0.1) is 19.3 Å². The summed E-state index contributed by atoms with van der Waals surface area (Å²) in [6, 6.07) is 3.09. The molecule has 5 nitrogen and oxygen atoms in total. The fourth-order valence-electron chi connectivity index (χ4n) is 1.13. The van der Waals surface area contributed by atoms with E-state index in [0.717, 1.165) is 11.3 Å². The summed E-state index contributed by atoms with van der Waals surface area (Å²) >= 11 is 1.06. The Morgan fingerprint density at radius 1 is 1.47 bits per heavy atom. The maximum Gasteiger partial charge on any atom is 0.250 e. The Bertz CT molecular complexity index is 439. The van der Waals surface area contributed by atoms with Crippen LogP contribution in [0.5, 0.6) is 0 Å².